The van der Waals surface area contributed by atoms with Gasteiger partial charge in [0.2, 0.25) is 0 Å². The largest absolute Gasteiger partial charge is 0.353 e. The Hall–Kier alpha value is -0.640. The first-order valence-electron chi connectivity index (χ1n) is 3.33. The molecule has 2 N–H and O–H groups in total. The lowest BCUT2D eigenvalue weighted by Crippen LogP contribution is -2.30. The molecular weight excluding hydrogens is 137 g/mol. The van der Waals surface area contributed by atoms with E-state index in [0.29, 0.717) is 6.42 Å². The molecule has 0 bridgehead atoms. The van der Waals surface area contributed by atoms with E-state index in [-0.39, 0.29) is 6.04 Å². The highest BCUT2D eigenvalue weighted by Gasteiger charge is 2.32. The van der Waals surface area contributed by atoms with Gasteiger partial charge in [0.1, 0.15) is 0 Å². The number of rotatable bonds is 1. The molecule has 1 rings (SSSR count). The zero-order valence-electron chi connectivity index (χ0n) is 5.55. The van der Waals surface area contributed by atoms with Crippen molar-refractivity contribution >= 4 is 5.97 Å². The lowest BCUT2D eigenvalue weighted by Gasteiger charge is -2.08. The molecule has 1 fully saturated rings. The molecule has 0 aromatic rings. The van der Waals surface area contributed by atoms with Gasteiger partial charge in [0.25, 0.3) is 0 Å². The average molecular weight is 147 g/mol. The topological polar surface area (TPSA) is 52.3 Å². The van der Waals surface area contributed by atoms with E-state index in [1.807, 2.05) is 0 Å². The van der Waals surface area contributed by atoms with E-state index in [9.17, 15) is 9.32 Å². The SMILES string of the molecule is N[C@@H]1CCC[C@@H]1C(=O)OF. The van der Waals surface area contributed by atoms with Crippen molar-refractivity contribution in [3.05, 3.63) is 0 Å². The third-order valence-electron chi connectivity index (χ3n) is 1.95. The molecule has 10 heavy (non-hydrogen) atoms. The van der Waals surface area contributed by atoms with Gasteiger partial charge >= 0.3 is 5.97 Å². The number of carbonyl (C=O) groups excluding carboxylic acids is 1. The lowest BCUT2D eigenvalue weighted by molar-refractivity contribution is -0.189. The maximum absolute atomic E-state index is 11.3. The number of carbonyl (C=O) groups is 1. The molecule has 2 atom stereocenters. The van der Waals surface area contributed by atoms with Crippen molar-refractivity contribution in [1.82, 2.24) is 0 Å². The molecule has 0 saturated heterocycles. The van der Waals surface area contributed by atoms with Crippen LogP contribution in [-0.2, 0) is 9.74 Å². The van der Waals surface area contributed by atoms with Crippen LogP contribution >= 0.6 is 0 Å². The Labute approximate surface area is 58.2 Å². The van der Waals surface area contributed by atoms with Crippen LogP contribution in [-0.4, -0.2) is 12.0 Å². The second-order valence-electron chi connectivity index (χ2n) is 2.60. The van der Waals surface area contributed by atoms with Crippen LogP contribution in [0.1, 0.15) is 19.3 Å². The van der Waals surface area contributed by atoms with E-state index in [1.54, 1.807) is 0 Å². The van der Waals surface area contributed by atoms with E-state index >= 15 is 0 Å². The zero-order valence-corrected chi connectivity index (χ0v) is 5.55. The van der Waals surface area contributed by atoms with Crippen LogP contribution in [0.3, 0.4) is 0 Å². The molecule has 1 saturated carbocycles. The van der Waals surface area contributed by atoms with Crippen molar-refractivity contribution in [3.8, 4) is 0 Å². The first-order valence-corrected chi connectivity index (χ1v) is 3.33. The molecule has 1 aliphatic carbocycles. The maximum atomic E-state index is 11.3. The molecule has 3 nitrogen and oxygen atoms in total. The number of hydrogen-bond donors (Lipinski definition) is 1. The van der Waals surface area contributed by atoms with Crippen molar-refractivity contribution in [2.24, 2.45) is 11.7 Å². The lowest BCUT2D eigenvalue weighted by atomic mass is 10.1. The normalized spacial score (nSPS) is 32.2. The quantitative estimate of drug-likeness (QED) is 0.589. The van der Waals surface area contributed by atoms with Gasteiger partial charge in [-0.1, -0.05) is 6.42 Å². The Bertz CT molecular complexity index is 140. The van der Waals surface area contributed by atoms with Crippen molar-refractivity contribution < 1.29 is 14.3 Å². The van der Waals surface area contributed by atoms with E-state index in [4.69, 9.17) is 5.73 Å². The first kappa shape index (κ1) is 7.47. The molecule has 0 heterocycles. The Kier molecular flexibility index (Phi) is 2.21. The molecule has 0 aromatic heterocycles. The number of hydrogen-bond acceptors (Lipinski definition) is 3. The van der Waals surface area contributed by atoms with Gasteiger partial charge in [-0.3, -0.25) is 4.94 Å². The van der Waals surface area contributed by atoms with Crippen LogP contribution in [0.15, 0.2) is 0 Å². The second-order valence-corrected chi connectivity index (χ2v) is 2.60. The van der Waals surface area contributed by atoms with E-state index in [2.05, 4.69) is 4.94 Å². The minimum atomic E-state index is -0.815. The minimum absolute atomic E-state index is 0.205. The fourth-order valence-electron chi connectivity index (χ4n) is 1.34. The summed E-state index contributed by atoms with van der Waals surface area (Å²) in [5, 5.41) is 0. The summed E-state index contributed by atoms with van der Waals surface area (Å²) in [6.45, 7) is 0. The van der Waals surface area contributed by atoms with Gasteiger partial charge in [0, 0.05) is 10.6 Å². The monoisotopic (exact) mass is 147 g/mol. The van der Waals surface area contributed by atoms with Crippen LogP contribution in [0.4, 0.5) is 4.53 Å². The van der Waals surface area contributed by atoms with Crippen molar-refractivity contribution in [3.63, 3.8) is 0 Å². The third kappa shape index (κ3) is 1.26. The molecule has 0 spiro atoms. The third-order valence-corrected chi connectivity index (χ3v) is 1.95. The van der Waals surface area contributed by atoms with Gasteiger partial charge in [-0.05, 0) is 12.8 Å². The molecule has 0 aromatic carbocycles. The summed E-state index contributed by atoms with van der Waals surface area (Å²) in [6.07, 6.45) is 2.34. The summed E-state index contributed by atoms with van der Waals surface area (Å²) in [5.41, 5.74) is 5.49. The summed E-state index contributed by atoms with van der Waals surface area (Å²) in [7, 11) is 0. The van der Waals surface area contributed by atoms with Crippen molar-refractivity contribution in [1.29, 1.82) is 0 Å². The van der Waals surface area contributed by atoms with Crippen molar-refractivity contribution in [2.75, 3.05) is 0 Å². The minimum Gasteiger partial charge on any atom is -0.327 e. The molecule has 0 radical (unpaired) electrons. The Morgan fingerprint density at radius 3 is 2.70 bits per heavy atom. The molecule has 0 aliphatic heterocycles. The Morgan fingerprint density at radius 1 is 1.60 bits per heavy atom. The molecule has 4 heteroatoms. The van der Waals surface area contributed by atoms with E-state index < -0.39 is 11.9 Å². The number of halogens is 1. The van der Waals surface area contributed by atoms with Crippen LogP contribution in [0.25, 0.3) is 0 Å². The van der Waals surface area contributed by atoms with Gasteiger partial charge in [-0.25, -0.2) is 4.79 Å². The van der Waals surface area contributed by atoms with Gasteiger partial charge < -0.3 is 5.73 Å². The highest BCUT2D eigenvalue weighted by atomic mass is 19.3. The Balaban J connectivity index is 2.46. The van der Waals surface area contributed by atoms with E-state index in [1.165, 1.54) is 0 Å². The average Bonchev–Trinajstić information content (AvgIpc) is 2.34. The molecule has 0 unspecified atom stereocenters. The fraction of sp³-hybridized carbons (Fsp3) is 0.833. The van der Waals surface area contributed by atoms with Gasteiger partial charge in [0.15, 0.2) is 0 Å². The standard InChI is InChI=1S/C6H10FNO2/c7-10-6(9)4-2-1-3-5(4)8/h4-5H,1-3,8H2/t4-,5+/m0/s1. The van der Waals surface area contributed by atoms with Crippen LogP contribution in [0.5, 0.6) is 0 Å². The fourth-order valence-corrected chi connectivity index (χ4v) is 1.34. The maximum Gasteiger partial charge on any atom is 0.353 e. The highest BCUT2D eigenvalue weighted by Crippen LogP contribution is 2.24. The smallest absolute Gasteiger partial charge is 0.327 e. The van der Waals surface area contributed by atoms with Crippen molar-refractivity contribution in [2.45, 2.75) is 25.3 Å². The second kappa shape index (κ2) is 2.96. The van der Waals surface area contributed by atoms with E-state index in [0.717, 1.165) is 12.8 Å². The highest BCUT2D eigenvalue weighted by molar-refractivity contribution is 5.72. The molecule has 58 valence electrons. The summed E-state index contributed by atoms with van der Waals surface area (Å²) >= 11 is 0. The number of nitrogens with two attached hydrogens (primary N) is 1. The zero-order chi connectivity index (χ0) is 7.56. The van der Waals surface area contributed by atoms with Gasteiger partial charge in [0.05, 0.1) is 5.92 Å². The summed E-state index contributed by atoms with van der Waals surface area (Å²) in [5.74, 6) is -1.23. The summed E-state index contributed by atoms with van der Waals surface area (Å²) < 4.78 is 11.3. The molecule has 0 amide bonds. The Morgan fingerprint density at radius 2 is 2.30 bits per heavy atom. The van der Waals surface area contributed by atoms with Gasteiger partial charge in [-0.2, -0.15) is 0 Å². The molecule has 1 aliphatic rings. The van der Waals surface area contributed by atoms with Crippen LogP contribution < -0.4 is 5.73 Å². The predicted octanol–water partition coefficient (Wildman–Crippen LogP) is 0.541. The summed E-state index contributed by atoms with van der Waals surface area (Å²) in [6, 6.07) is -0.205. The molecular formula is C6H10FNO2. The van der Waals surface area contributed by atoms with Crippen LogP contribution in [0, 0.1) is 5.92 Å². The van der Waals surface area contributed by atoms with Crippen LogP contribution in [0.2, 0.25) is 0 Å². The van der Waals surface area contributed by atoms with Gasteiger partial charge in [-0.15, -0.1) is 0 Å². The first-order chi connectivity index (χ1) is 4.75. The predicted molar refractivity (Wildman–Crippen MR) is 32.5 cm³/mol. The summed E-state index contributed by atoms with van der Waals surface area (Å²) in [4.78, 5) is 13.6.